The number of carbonyl (C=O) groups excluding carboxylic acids is 11. The lowest BCUT2D eigenvalue weighted by Gasteiger charge is -2.47. The van der Waals surface area contributed by atoms with E-state index in [2.05, 4.69) is 11.9 Å². The Morgan fingerprint density at radius 3 is 0.772 bits per heavy atom. The molecule has 0 radical (unpaired) electrons. The molecular weight excluding hydrogens is 1610 g/mol. The van der Waals surface area contributed by atoms with Crippen LogP contribution in [0.25, 0.3) is 0 Å². The number of hydrogen-bond donors (Lipinski definition) is 5. The van der Waals surface area contributed by atoms with E-state index in [4.69, 9.17) is 85.3 Å². The first kappa shape index (κ1) is 114. The van der Waals surface area contributed by atoms with Gasteiger partial charge in [0.15, 0.2) is 0 Å². The van der Waals surface area contributed by atoms with Crippen LogP contribution in [0.4, 0.5) is 0 Å². The maximum absolute atomic E-state index is 16.0. The van der Waals surface area contributed by atoms with Gasteiger partial charge in [-0.3, -0.25) is 47.9 Å². The van der Waals surface area contributed by atoms with Crippen molar-refractivity contribution in [3.63, 3.8) is 0 Å². The summed E-state index contributed by atoms with van der Waals surface area (Å²) in [6.45, 7) is 27.3. The summed E-state index contributed by atoms with van der Waals surface area (Å²) in [6.07, 6.45) is -7.69. The standard InChI is InChI=1S/C89H149NO33/c1-21-106-41-48-117-70(96)80(10,11)56-82(13,72(98)118-49-42-107-22-2)58-84(15,75(101)119-50-43-108-23-3)60-86(17,76(102)120-51-44-109-24-4)62-88(19,78(104)122-53-46-111-26-6)64-89(20,79(105)123-54-47-112-27-7)63-87(18,77(103)121-52-45-110-25-5)61-85(16,74(100)116-40-36-93)59-83(14,73(99)115-39-35-92)57-81(12,71(97)114-38-34-91)55-65(8)69(95)113-37-33-90-66(9)68(94)67-31-29-28-30-32-67/h28-32,66,68,90-94H,8,21-27,33-64H2,1-7,9-20H3/t66-,68-,81?,82?,83?,84?,85?,86?,87?,88?,89?/m1/s1. The summed E-state index contributed by atoms with van der Waals surface area (Å²) >= 11 is 0. The molecule has 5 N–H and O–H groups in total. The number of esters is 11. The van der Waals surface area contributed by atoms with Crippen molar-refractivity contribution in [3.05, 3.63) is 48.0 Å². The van der Waals surface area contributed by atoms with Crippen molar-refractivity contribution in [2.24, 2.45) is 54.1 Å². The summed E-state index contributed by atoms with van der Waals surface area (Å²) in [5.74, 6) is -11.3. The van der Waals surface area contributed by atoms with E-state index in [1.54, 1.807) is 99.6 Å². The monoisotopic (exact) mass is 1760 g/mol. The van der Waals surface area contributed by atoms with Crippen LogP contribution in [0.1, 0.15) is 207 Å². The minimum absolute atomic E-state index is 0.0370. The number of rotatable bonds is 71. The molecule has 0 heterocycles. The van der Waals surface area contributed by atoms with Gasteiger partial charge < -0.3 is 111 Å². The first-order chi connectivity index (χ1) is 57.9. The molecule has 0 fully saturated rings. The Morgan fingerprint density at radius 1 is 0.309 bits per heavy atom. The van der Waals surface area contributed by atoms with Gasteiger partial charge in [-0.1, -0.05) is 36.9 Å². The number of ether oxygens (including phenoxy) is 18. The van der Waals surface area contributed by atoms with E-state index in [1.807, 2.05) is 0 Å². The van der Waals surface area contributed by atoms with Crippen molar-refractivity contribution >= 4 is 65.7 Å². The quantitative estimate of drug-likeness (QED) is 0.0177. The third-order valence-electron chi connectivity index (χ3n) is 21.0. The molecule has 0 aliphatic rings. The van der Waals surface area contributed by atoms with Gasteiger partial charge in [0.1, 0.15) is 72.7 Å². The molecule has 1 aromatic carbocycles. The van der Waals surface area contributed by atoms with Gasteiger partial charge in [-0.2, -0.15) is 0 Å². The van der Waals surface area contributed by atoms with Crippen molar-refractivity contribution in [3.8, 4) is 0 Å². The Kier molecular flexibility index (Phi) is 53.0. The van der Waals surface area contributed by atoms with Crippen LogP contribution in [0.5, 0.6) is 0 Å². The second-order valence-electron chi connectivity index (χ2n) is 33.9. The molecule has 0 bridgehead atoms. The molecule has 0 saturated carbocycles. The number of hydrogen-bond acceptors (Lipinski definition) is 34. The maximum atomic E-state index is 16.0. The second kappa shape index (κ2) is 57.4. The molecule has 9 unspecified atom stereocenters. The van der Waals surface area contributed by atoms with E-state index in [1.165, 1.54) is 62.3 Å². The second-order valence-corrected chi connectivity index (χ2v) is 33.9. The maximum Gasteiger partial charge on any atom is 0.333 e. The predicted octanol–water partition coefficient (Wildman–Crippen LogP) is 8.45. The van der Waals surface area contributed by atoms with E-state index in [0.29, 0.717) is 12.2 Å². The van der Waals surface area contributed by atoms with Crippen LogP contribution < -0.4 is 5.32 Å². The minimum Gasteiger partial charge on any atom is -0.463 e. The number of carbonyl (C=O) groups is 11. The van der Waals surface area contributed by atoms with E-state index in [0.717, 1.165) is 0 Å². The Hall–Kier alpha value is -7.35. The van der Waals surface area contributed by atoms with Crippen LogP contribution in [-0.4, -0.2) is 284 Å². The van der Waals surface area contributed by atoms with Crippen LogP contribution in [0.2, 0.25) is 0 Å². The summed E-state index contributed by atoms with van der Waals surface area (Å²) in [5, 5.41) is 44.6. The van der Waals surface area contributed by atoms with Crippen molar-refractivity contribution in [2.45, 2.75) is 208 Å². The van der Waals surface area contributed by atoms with Crippen LogP contribution >= 0.6 is 0 Å². The van der Waals surface area contributed by atoms with Gasteiger partial charge in [0, 0.05) is 64.4 Å². The summed E-state index contributed by atoms with van der Waals surface area (Å²) in [6, 6.07) is 8.34. The molecule has 0 aromatic heterocycles. The van der Waals surface area contributed by atoms with Crippen LogP contribution in [-0.2, 0) is 138 Å². The van der Waals surface area contributed by atoms with Gasteiger partial charge >= 0.3 is 65.7 Å². The predicted molar refractivity (Wildman–Crippen MR) is 448 cm³/mol. The molecule has 11 atom stereocenters. The van der Waals surface area contributed by atoms with Crippen LogP contribution in [0.15, 0.2) is 42.5 Å². The first-order valence-corrected chi connectivity index (χ1v) is 42.8. The Bertz CT molecular complexity index is 3360. The van der Waals surface area contributed by atoms with Crippen molar-refractivity contribution in [1.29, 1.82) is 0 Å². The topological polar surface area (TPSA) is 447 Å². The zero-order chi connectivity index (χ0) is 93.2. The van der Waals surface area contributed by atoms with Gasteiger partial charge in [-0.25, -0.2) is 4.79 Å². The highest BCUT2D eigenvalue weighted by Crippen LogP contribution is 2.58. The average Bonchev–Trinajstić information content (AvgIpc) is 0.749. The third kappa shape index (κ3) is 39.2. The third-order valence-corrected chi connectivity index (χ3v) is 21.0. The molecule has 708 valence electrons. The summed E-state index contributed by atoms with van der Waals surface area (Å²) in [4.78, 5) is 168. The molecule has 123 heavy (non-hydrogen) atoms. The van der Waals surface area contributed by atoms with Crippen LogP contribution in [0.3, 0.4) is 0 Å². The molecule has 0 aliphatic heterocycles. The molecule has 0 aliphatic carbocycles. The number of nitrogens with one attached hydrogen (secondary N) is 1. The zero-order valence-corrected chi connectivity index (χ0v) is 77.0. The van der Waals surface area contributed by atoms with Crippen molar-refractivity contribution < 1.29 is 158 Å². The fraction of sp³-hybridized carbons (Fsp3) is 0.787. The van der Waals surface area contributed by atoms with Gasteiger partial charge in [0.2, 0.25) is 0 Å². The molecule has 34 heteroatoms. The van der Waals surface area contributed by atoms with Crippen molar-refractivity contribution in [1.82, 2.24) is 5.32 Å². The van der Waals surface area contributed by atoms with Crippen molar-refractivity contribution in [2.75, 3.05) is 192 Å². The van der Waals surface area contributed by atoms with Gasteiger partial charge in [0.05, 0.1) is 126 Å². The number of aliphatic hydroxyl groups excluding tert-OH is 4. The SMILES string of the molecule is C=C(CC(C)(CC(C)(CC(C)(CC(C)(CC(C)(CC(C)(CC(C)(CC(C)(CC(C)(CC(C)(C)C(=O)OCCOCC)C(=O)OCCOCC)C(=O)OCCOCC)C(=O)OCCOCC)C(=O)OCCOCC)C(=O)OCCOCC)C(=O)OCCOCC)C(=O)OCCO)C(=O)OCCO)C(=O)OCCO)C(=O)OCCN[C@H](C)[C@@H](O)c1ccccc1. The molecule has 0 spiro atoms. The van der Waals surface area contributed by atoms with Crippen LogP contribution in [0, 0.1) is 54.1 Å². The summed E-state index contributed by atoms with van der Waals surface area (Å²) in [5.41, 5.74) is -20.6. The lowest BCUT2D eigenvalue weighted by molar-refractivity contribution is -0.178. The number of benzene rings is 1. The first-order valence-electron chi connectivity index (χ1n) is 42.8. The highest BCUT2D eigenvalue weighted by molar-refractivity contribution is 5.91. The fourth-order valence-corrected chi connectivity index (χ4v) is 16.5. The molecule has 34 nitrogen and oxygen atoms in total. The summed E-state index contributed by atoms with van der Waals surface area (Å²) < 4.78 is 104. The van der Waals surface area contributed by atoms with E-state index in [-0.39, 0.29) is 137 Å². The van der Waals surface area contributed by atoms with Gasteiger partial charge in [-0.05, 0) is 201 Å². The average molecular weight is 1760 g/mol. The summed E-state index contributed by atoms with van der Waals surface area (Å²) in [7, 11) is 0. The van der Waals surface area contributed by atoms with Gasteiger partial charge in [0.25, 0.3) is 0 Å². The van der Waals surface area contributed by atoms with E-state index in [9.17, 15) is 34.8 Å². The fourth-order valence-electron chi connectivity index (χ4n) is 16.5. The largest absolute Gasteiger partial charge is 0.463 e. The molecular formula is C89H149NO33. The smallest absolute Gasteiger partial charge is 0.333 e. The van der Waals surface area contributed by atoms with E-state index >= 15 is 38.4 Å². The minimum atomic E-state index is -2.28. The molecule has 0 amide bonds. The Morgan fingerprint density at radius 2 is 0.528 bits per heavy atom. The molecule has 1 rings (SSSR count). The van der Waals surface area contributed by atoms with E-state index < -0.39 is 249 Å². The highest BCUT2D eigenvalue weighted by Gasteiger charge is 2.61. The highest BCUT2D eigenvalue weighted by atomic mass is 16.6. The lowest BCUT2D eigenvalue weighted by Crippen LogP contribution is -2.52. The van der Waals surface area contributed by atoms with Gasteiger partial charge in [-0.15, -0.1) is 0 Å². The Balaban J connectivity index is 5.00. The zero-order valence-electron chi connectivity index (χ0n) is 77.0. The molecule has 1 aromatic rings. The molecule has 0 saturated heterocycles. The lowest BCUT2D eigenvalue weighted by atomic mass is 9.56. The Labute approximate surface area is 728 Å². The number of aliphatic hydroxyl groups is 4. The normalized spacial score (nSPS) is 16.6.